The Kier molecular flexibility index (Phi) is 5.35. The van der Waals surface area contributed by atoms with Gasteiger partial charge in [-0.05, 0) is 80.1 Å². The van der Waals surface area contributed by atoms with Crippen LogP contribution in [0, 0.1) is 24.7 Å². The maximum atomic E-state index is 13.8. The molecule has 2 aromatic carbocycles. The van der Waals surface area contributed by atoms with Crippen LogP contribution in [0.5, 0.6) is 5.75 Å². The molecule has 0 radical (unpaired) electrons. The summed E-state index contributed by atoms with van der Waals surface area (Å²) in [6.07, 6.45) is 3.99. The third-order valence-corrected chi connectivity index (χ3v) is 8.45. The average molecular weight is 514 g/mol. The predicted octanol–water partition coefficient (Wildman–Crippen LogP) is 4.99. The molecule has 0 saturated carbocycles. The number of aromatic hydroxyl groups is 1. The third-order valence-electron chi connectivity index (χ3n) is 8.20. The van der Waals surface area contributed by atoms with Crippen molar-refractivity contribution in [1.82, 2.24) is 0 Å². The van der Waals surface area contributed by atoms with Gasteiger partial charge in [0.05, 0.1) is 17.5 Å². The van der Waals surface area contributed by atoms with Crippen molar-refractivity contribution in [1.29, 1.82) is 0 Å². The number of imide groups is 1. The summed E-state index contributed by atoms with van der Waals surface area (Å²) in [5.74, 6) is -2.90. The van der Waals surface area contributed by atoms with Gasteiger partial charge in [-0.15, -0.1) is 0 Å². The molecule has 3 aliphatic carbocycles. The first-order valence-corrected chi connectivity index (χ1v) is 12.7. The first-order chi connectivity index (χ1) is 17.7. The molecule has 1 N–H and O–H groups in total. The molecule has 4 atom stereocenters. The first kappa shape index (κ1) is 23.6. The van der Waals surface area contributed by atoms with Crippen molar-refractivity contribution in [3.05, 3.63) is 93.1 Å². The van der Waals surface area contributed by atoms with Gasteiger partial charge in [0.2, 0.25) is 11.8 Å². The Bertz CT molecular complexity index is 1510. The summed E-state index contributed by atoms with van der Waals surface area (Å²) >= 11 is 6.02. The van der Waals surface area contributed by atoms with Crippen molar-refractivity contribution < 1.29 is 24.3 Å². The highest BCUT2D eigenvalue weighted by molar-refractivity contribution is 6.31. The van der Waals surface area contributed by atoms with E-state index in [4.69, 9.17) is 11.6 Å². The fourth-order valence-electron chi connectivity index (χ4n) is 6.46. The molecule has 0 bridgehead atoms. The number of carbonyl (C=O) groups excluding carboxylic acids is 4. The number of rotatable bonds is 2. The SMILES string of the molecule is CC1=CC(=O)C2=C(CC3C(=CCC4C(=O)N(c5ccc(Cl)cc5)C(=O)C43)C2c2ccc(O)c(C)c2)C1=O. The molecule has 6 nitrogen and oxygen atoms in total. The van der Waals surface area contributed by atoms with E-state index in [1.54, 1.807) is 50.2 Å². The smallest absolute Gasteiger partial charge is 0.238 e. The van der Waals surface area contributed by atoms with E-state index in [-0.39, 0.29) is 35.6 Å². The van der Waals surface area contributed by atoms with Crippen molar-refractivity contribution >= 4 is 40.7 Å². The Labute approximate surface area is 218 Å². The van der Waals surface area contributed by atoms with Crippen LogP contribution in [0.4, 0.5) is 5.69 Å². The molecule has 7 heteroatoms. The van der Waals surface area contributed by atoms with Gasteiger partial charge < -0.3 is 5.11 Å². The number of amides is 2. The number of halogens is 1. The van der Waals surface area contributed by atoms with Gasteiger partial charge in [-0.3, -0.25) is 24.1 Å². The number of nitrogens with zero attached hydrogens (tertiary/aromatic N) is 1. The number of Topliss-reactive ketones (excluding diaryl/α,β-unsaturated/α-hetero) is 1. The molecule has 6 rings (SSSR count). The molecule has 2 aromatic rings. The lowest BCUT2D eigenvalue weighted by atomic mass is 9.59. The summed E-state index contributed by atoms with van der Waals surface area (Å²) in [6.45, 7) is 3.41. The van der Waals surface area contributed by atoms with E-state index >= 15 is 0 Å². The van der Waals surface area contributed by atoms with Crippen LogP contribution in [-0.2, 0) is 19.2 Å². The fraction of sp³-hybridized carbons (Fsp3) is 0.267. The van der Waals surface area contributed by atoms with E-state index in [2.05, 4.69) is 0 Å². The van der Waals surface area contributed by atoms with E-state index in [0.29, 0.717) is 39.4 Å². The normalized spacial score (nSPS) is 27.1. The van der Waals surface area contributed by atoms with Gasteiger partial charge in [-0.1, -0.05) is 35.4 Å². The molecule has 1 saturated heterocycles. The van der Waals surface area contributed by atoms with Crippen LogP contribution in [0.1, 0.15) is 36.8 Å². The molecule has 1 aliphatic heterocycles. The van der Waals surface area contributed by atoms with E-state index in [1.807, 2.05) is 12.1 Å². The molecular weight excluding hydrogens is 490 g/mol. The number of hydrogen-bond acceptors (Lipinski definition) is 5. The minimum atomic E-state index is -0.632. The van der Waals surface area contributed by atoms with Crippen LogP contribution >= 0.6 is 11.6 Å². The third kappa shape index (κ3) is 3.46. The molecule has 1 fully saturated rings. The number of fused-ring (bicyclic) bond motifs is 3. The number of hydrogen-bond donors (Lipinski definition) is 1. The number of aryl methyl sites for hydroxylation is 1. The molecule has 0 spiro atoms. The molecule has 186 valence electrons. The lowest BCUT2D eigenvalue weighted by Crippen LogP contribution is -2.39. The maximum absolute atomic E-state index is 13.8. The second-order valence-electron chi connectivity index (χ2n) is 10.3. The summed E-state index contributed by atoms with van der Waals surface area (Å²) in [4.78, 5) is 55.2. The zero-order chi connectivity index (χ0) is 26.2. The zero-order valence-electron chi connectivity index (χ0n) is 20.3. The van der Waals surface area contributed by atoms with Crippen LogP contribution in [-0.4, -0.2) is 28.5 Å². The monoisotopic (exact) mass is 513 g/mol. The Balaban J connectivity index is 1.49. The van der Waals surface area contributed by atoms with Crippen LogP contribution in [0.3, 0.4) is 0 Å². The number of phenolic OH excluding ortho intramolecular Hbond substituents is 1. The Morgan fingerprint density at radius 3 is 2.38 bits per heavy atom. The van der Waals surface area contributed by atoms with Gasteiger partial charge in [-0.25, -0.2) is 0 Å². The second-order valence-corrected chi connectivity index (χ2v) is 10.7. The summed E-state index contributed by atoms with van der Waals surface area (Å²) in [6, 6.07) is 11.8. The van der Waals surface area contributed by atoms with Gasteiger partial charge in [0, 0.05) is 27.7 Å². The van der Waals surface area contributed by atoms with Gasteiger partial charge in [0.15, 0.2) is 11.6 Å². The average Bonchev–Trinajstić information content (AvgIpc) is 3.13. The summed E-state index contributed by atoms with van der Waals surface area (Å²) in [5, 5.41) is 10.6. The van der Waals surface area contributed by atoms with Gasteiger partial charge in [0.1, 0.15) is 5.75 Å². The molecule has 2 amide bonds. The highest BCUT2D eigenvalue weighted by Gasteiger charge is 2.56. The van der Waals surface area contributed by atoms with E-state index in [9.17, 15) is 24.3 Å². The van der Waals surface area contributed by atoms with Crippen LogP contribution in [0.25, 0.3) is 0 Å². The maximum Gasteiger partial charge on any atom is 0.238 e. The van der Waals surface area contributed by atoms with Crippen molar-refractivity contribution in [2.24, 2.45) is 17.8 Å². The lowest BCUT2D eigenvalue weighted by Gasteiger charge is -2.42. The lowest BCUT2D eigenvalue weighted by molar-refractivity contribution is -0.123. The highest BCUT2D eigenvalue weighted by atomic mass is 35.5. The van der Waals surface area contributed by atoms with E-state index in [0.717, 1.165) is 11.1 Å². The van der Waals surface area contributed by atoms with Crippen molar-refractivity contribution in [3.63, 3.8) is 0 Å². The standard InChI is InChI=1S/C30H24ClNO5/c1-14-11-16(3-10-23(14)33)25-19-8-9-20-26(21(19)13-22-27(25)24(34)12-15(2)28(22)35)30(37)32(29(20)36)18-6-4-17(31)5-7-18/h3-8,10-12,20-21,25-26,33H,9,13H2,1-2H3. The molecule has 0 aromatic heterocycles. The second kappa shape index (κ2) is 8.38. The molecule has 4 aliphatic rings. The summed E-state index contributed by atoms with van der Waals surface area (Å²) in [7, 11) is 0. The zero-order valence-corrected chi connectivity index (χ0v) is 21.1. The molecule has 1 heterocycles. The Hall–Kier alpha value is -3.77. The topological polar surface area (TPSA) is 91.8 Å². The van der Waals surface area contributed by atoms with Crippen molar-refractivity contribution in [2.75, 3.05) is 4.90 Å². The van der Waals surface area contributed by atoms with E-state index in [1.165, 1.54) is 11.0 Å². The van der Waals surface area contributed by atoms with Gasteiger partial charge in [0.25, 0.3) is 0 Å². The van der Waals surface area contributed by atoms with Crippen LogP contribution in [0.15, 0.2) is 76.9 Å². The van der Waals surface area contributed by atoms with Crippen molar-refractivity contribution in [3.8, 4) is 5.75 Å². The Morgan fingerprint density at radius 1 is 0.946 bits per heavy atom. The van der Waals surface area contributed by atoms with Gasteiger partial charge >= 0.3 is 0 Å². The number of carbonyl (C=O) groups is 4. The van der Waals surface area contributed by atoms with Gasteiger partial charge in [-0.2, -0.15) is 0 Å². The number of phenols is 1. The van der Waals surface area contributed by atoms with Crippen molar-refractivity contribution in [2.45, 2.75) is 32.6 Å². The minimum Gasteiger partial charge on any atom is -0.508 e. The summed E-state index contributed by atoms with van der Waals surface area (Å²) in [5.41, 5.74) is 4.02. The molecule has 4 unspecified atom stereocenters. The highest BCUT2D eigenvalue weighted by Crippen LogP contribution is 2.55. The minimum absolute atomic E-state index is 0.139. The summed E-state index contributed by atoms with van der Waals surface area (Å²) < 4.78 is 0. The molecular formula is C30H24ClNO5. The number of anilines is 1. The molecule has 37 heavy (non-hydrogen) atoms. The largest absolute Gasteiger partial charge is 0.508 e. The Morgan fingerprint density at radius 2 is 1.68 bits per heavy atom. The predicted molar refractivity (Wildman–Crippen MR) is 138 cm³/mol. The van der Waals surface area contributed by atoms with E-state index < -0.39 is 23.7 Å². The number of allylic oxidation sites excluding steroid dienone is 6. The number of ketones is 2. The fourth-order valence-corrected chi connectivity index (χ4v) is 6.59. The van der Waals surface area contributed by atoms with Crippen LogP contribution < -0.4 is 4.90 Å². The first-order valence-electron chi connectivity index (χ1n) is 12.3. The van der Waals surface area contributed by atoms with Crippen LogP contribution in [0.2, 0.25) is 5.02 Å². The number of benzene rings is 2. The quantitative estimate of drug-likeness (QED) is 0.347.